The summed E-state index contributed by atoms with van der Waals surface area (Å²) < 4.78 is 0. The van der Waals surface area contributed by atoms with Crippen molar-refractivity contribution in [1.82, 2.24) is 0 Å². The molecule has 0 aromatic heterocycles. The number of nitrogens with one attached hydrogen (secondary N) is 1. The number of amides is 2. The summed E-state index contributed by atoms with van der Waals surface area (Å²) in [6.07, 6.45) is 0.123. The molecule has 3 aromatic rings. The van der Waals surface area contributed by atoms with Crippen LogP contribution >= 0.6 is 11.6 Å². The number of rotatable bonds is 3. The number of hydrogen-bond donors (Lipinski definition) is 1. The van der Waals surface area contributed by atoms with Crippen molar-refractivity contribution in [3.63, 3.8) is 0 Å². The van der Waals surface area contributed by atoms with Gasteiger partial charge in [-0.1, -0.05) is 48.0 Å². The van der Waals surface area contributed by atoms with E-state index in [1.807, 2.05) is 49.4 Å². The lowest BCUT2D eigenvalue weighted by Crippen LogP contribution is -2.35. The van der Waals surface area contributed by atoms with E-state index in [0.717, 1.165) is 22.0 Å². The lowest BCUT2D eigenvalue weighted by Gasteiger charge is -2.18. The van der Waals surface area contributed by atoms with Crippen LogP contribution in [0.1, 0.15) is 12.0 Å². The van der Waals surface area contributed by atoms with Gasteiger partial charge in [-0.3, -0.25) is 9.59 Å². The lowest BCUT2D eigenvalue weighted by molar-refractivity contribution is -0.121. The standard InChI is InChI=1S/C21H17ClN2O2/c1-13-17(22)7-4-8-19(13)24-20(25)12-18(21(24)26)23-16-10-9-14-5-2-3-6-15(14)11-16/h2-11,18,23H,12H2,1H3/t18-/m1/s1. The Morgan fingerprint density at radius 3 is 2.58 bits per heavy atom. The smallest absolute Gasteiger partial charge is 0.256 e. The maximum absolute atomic E-state index is 12.8. The van der Waals surface area contributed by atoms with E-state index >= 15 is 0 Å². The Balaban J connectivity index is 1.61. The molecule has 0 spiro atoms. The molecule has 1 fully saturated rings. The summed E-state index contributed by atoms with van der Waals surface area (Å²) >= 11 is 6.14. The minimum atomic E-state index is -0.581. The van der Waals surface area contributed by atoms with Gasteiger partial charge in [-0.15, -0.1) is 0 Å². The van der Waals surface area contributed by atoms with E-state index < -0.39 is 6.04 Å². The summed E-state index contributed by atoms with van der Waals surface area (Å²) in [5.74, 6) is -0.479. The molecule has 0 bridgehead atoms. The molecule has 4 rings (SSSR count). The van der Waals surface area contributed by atoms with Crippen molar-refractivity contribution >= 4 is 45.6 Å². The van der Waals surface area contributed by atoms with E-state index in [1.165, 1.54) is 4.90 Å². The number of nitrogens with zero attached hydrogens (tertiary/aromatic N) is 1. The summed E-state index contributed by atoms with van der Waals surface area (Å²) in [6, 6.07) is 18.6. The fraction of sp³-hybridized carbons (Fsp3) is 0.143. The monoisotopic (exact) mass is 364 g/mol. The first kappa shape index (κ1) is 16.6. The molecule has 0 unspecified atom stereocenters. The quantitative estimate of drug-likeness (QED) is 0.694. The minimum Gasteiger partial charge on any atom is -0.373 e. The second-order valence-corrected chi connectivity index (χ2v) is 6.82. The van der Waals surface area contributed by atoms with Crippen LogP contribution in [0, 0.1) is 6.92 Å². The van der Waals surface area contributed by atoms with Crippen molar-refractivity contribution in [1.29, 1.82) is 0 Å². The predicted octanol–water partition coefficient (Wildman–Crippen LogP) is 4.55. The zero-order valence-corrected chi connectivity index (χ0v) is 15.0. The Kier molecular flexibility index (Phi) is 4.13. The normalized spacial score (nSPS) is 17.2. The van der Waals surface area contributed by atoms with Crippen LogP contribution in [0.3, 0.4) is 0 Å². The number of benzene rings is 3. The van der Waals surface area contributed by atoms with E-state index in [1.54, 1.807) is 18.2 Å². The van der Waals surface area contributed by atoms with Gasteiger partial charge in [0.1, 0.15) is 6.04 Å². The first-order valence-electron chi connectivity index (χ1n) is 8.42. The van der Waals surface area contributed by atoms with Gasteiger partial charge in [-0.25, -0.2) is 4.90 Å². The highest BCUT2D eigenvalue weighted by atomic mass is 35.5. The van der Waals surface area contributed by atoms with E-state index in [4.69, 9.17) is 11.6 Å². The average molecular weight is 365 g/mol. The fourth-order valence-electron chi connectivity index (χ4n) is 3.32. The highest BCUT2D eigenvalue weighted by Gasteiger charge is 2.40. The second kappa shape index (κ2) is 6.46. The van der Waals surface area contributed by atoms with Gasteiger partial charge in [0.05, 0.1) is 12.1 Å². The van der Waals surface area contributed by atoms with Crippen LogP contribution in [-0.4, -0.2) is 17.9 Å². The van der Waals surface area contributed by atoms with E-state index in [2.05, 4.69) is 5.32 Å². The molecule has 1 aliphatic heterocycles. The number of fused-ring (bicyclic) bond motifs is 1. The van der Waals surface area contributed by atoms with Crippen molar-refractivity contribution in [3.8, 4) is 0 Å². The summed E-state index contributed by atoms with van der Waals surface area (Å²) in [7, 11) is 0. The van der Waals surface area contributed by atoms with E-state index in [0.29, 0.717) is 10.7 Å². The SMILES string of the molecule is Cc1c(Cl)cccc1N1C(=O)C[C@@H](Nc2ccc3ccccc3c2)C1=O. The molecule has 4 nitrogen and oxygen atoms in total. The Morgan fingerprint density at radius 1 is 1.00 bits per heavy atom. The third-order valence-electron chi connectivity index (χ3n) is 4.72. The first-order chi connectivity index (χ1) is 12.5. The molecule has 1 heterocycles. The fourth-order valence-corrected chi connectivity index (χ4v) is 3.49. The summed E-state index contributed by atoms with van der Waals surface area (Å²) in [5, 5.41) is 5.95. The maximum atomic E-state index is 12.8. The molecule has 0 aliphatic carbocycles. The van der Waals surface area contributed by atoms with Crippen molar-refractivity contribution in [2.45, 2.75) is 19.4 Å². The Bertz CT molecular complexity index is 1030. The molecule has 26 heavy (non-hydrogen) atoms. The summed E-state index contributed by atoms with van der Waals surface area (Å²) in [6.45, 7) is 1.81. The van der Waals surface area contributed by atoms with Crippen molar-refractivity contribution in [3.05, 3.63) is 71.2 Å². The molecular weight excluding hydrogens is 348 g/mol. The molecule has 3 aromatic carbocycles. The van der Waals surface area contributed by atoms with Gasteiger partial charge in [0.15, 0.2) is 0 Å². The van der Waals surface area contributed by atoms with Gasteiger partial charge in [0.25, 0.3) is 5.91 Å². The van der Waals surface area contributed by atoms with Crippen molar-refractivity contribution < 1.29 is 9.59 Å². The molecule has 5 heteroatoms. The minimum absolute atomic E-state index is 0.123. The van der Waals surface area contributed by atoms with Crippen LogP contribution in [0.15, 0.2) is 60.7 Å². The molecule has 0 radical (unpaired) electrons. The number of halogens is 1. The highest BCUT2D eigenvalue weighted by Crippen LogP contribution is 2.31. The lowest BCUT2D eigenvalue weighted by atomic mass is 10.1. The molecule has 2 amide bonds. The predicted molar refractivity (Wildman–Crippen MR) is 105 cm³/mol. The molecule has 130 valence electrons. The molecule has 1 saturated heterocycles. The van der Waals surface area contributed by atoms with Crippen LogP contribution in [0.25, 0.3) is 10.8 Å². The second-order valence-electron chi connectivity index (χ2n) is 6.41. The summed E-state index contributed by atoms with van der Waals surface area (Å²) in [5.41, 5.74) is 2.09. The molecular formula is C21H17ClN2O2. The van der Waals surface area contributed by atoms with E-state index in [9.17, 15) is 9.59 Å². The number of imide groups is 1. The van der Waals surface area contributed by atoms with Crippen LogP contribution in [0.2, 0.25) is 5.02 Å². The topological polar surface area (TPSA) is 49.4 Å². The van der Waals surface area contributed by atoms with Crippen molar-refractivity contribution in [2.75, 3.05) is 10.2 Å². The van der Waals surface area contributed by atoms with Gasteiger partial charge in [0, 0.05) is 10.7 Å². The average Bonchev–Trinajstić information content (AvgIpc) is 2.91. The maximum Gasteiger partial charge on any atom is 0.256 e. The van der Waals surface area contributed by atoms with Gasteiger partial charge >= 0.3 is 0 Å². The Hall–Kier alpha value is -2.85. The van der Waals surface area contributed by atoms with E-state index in [-0.39, 0.29) is 18.2 Å². The number of carbonyl (C=O) groups excluding carboxylic acids is 2. The van der Waals surface area contributed by atoms with Gasteiger partial charge in [-0.05, 0) is 47.5 Å². The van der Waals surface area contributed by atoms with Gasteiger partial charge in [0.2, 0.25) is 5.91 Å². The molecule has 0 saturated carbocycles. The van der Waals surface area contributed by atoms with Gasteiger partial charge in [-0.2, -0.15) is 0 Å². The van der Waals surface area contributed by atoms with Crippen molar-refractivity contribution in [2.24, 2.45) is 0 Å². The zero-order valence-electron chi connectivity index (χ0n) is 14.2. The third kappa shape index (κ3) is 2.82. The van der Waals surface area contributed by atoms with Crippen LogP contribution < -0.4 is 10.2 Å². The largest absolute Gasteiger partial charge is 0.373 e. The molecule has 1 atom stereocenters. The van der Waals surface area contributed by atoms with Crippen LogP contribution in [0.4, 0.5) is 11.4 Å². The van der Waals surface area contributed by atoms with Crippen LogP contribution in [-0.2, 0) is 9.59 Å². The summed E-state index contributed by atoms with van der Waals surface area (Å²) in [4.78, 5) is 26.6. The van der Waals surface area contributed by atoms with Crippen LogP contribution in [0.5, 0.6) is 0 Å². The number of carbonyl (C=O) groups is 2. The molecule has 1 N–H and O–H groups in total. The Morgan fingerprint density at radius 2 is 1.77 bits per heavy atom. The highest BCUT2D eigenvalue weighted by molar-refractivity contribution is 6.32. The number of anilines is 2. The zero-order chi connectivity index (χ0) is 18.3. The first-order valence-corrected chi connectivity index (χ1v) is 8.79. The third-order valence-corrected chi connectivity index (χ3v) is 5.13. The van der Waals surface area contributed by atoms with Gasteiger partial charge < -0.3 is 5.32 Å². The number of hydrogen-bond acceptors (Lipinski definition) is 3. The molecule has 1 aliphatic rings. The Labute approximate surface area is 156 Å².